The fourth-order valence-electron chi connectivity index (χ4n) is 2.72. The zero-order chi connectivity index (χ0) is 14.8. The fourth-order valence-corrected chi connectivity index (χ4v) is 2.72. The Hall–Kier alpha value is -2.15. The second-order valence-corrected chi connectivity index (χ2v) is 5.86. The monoisotopic (exact) mass is 275 g/mol. The van der Waals surface area contributed by atoms with Gasteiger partial charge in [0, 0.05) is 17.1 Å². The molecule has 3 rings (SSSR count). The van der Waals surface area contributed by atoms with E-state index in [2.05, 4.69) is 74.3 Å². The number of rotatable bonds is 3. The smallest absolute Gasteiger partial charge is 0.0708 e. The molecule has 1 heterocycles. The molecule has 0 saturated heterocycles. The number of benzene rings is 2. The minimum absolute atomic E-state index is 0.587. The summed E-state index contributed by atoms with van der Waals surface area (Å²) >= 11 is 0. The Morgan fingerprint density at radius 2 is 1.76 bits per heavy atom. The quantitative estimate of drug-likeness (QED) is 0.595. The maximum Gasteiger partial charge on any atom is 0.0708 e. The van der Waals surface area contributed by atoms with Crippen LogP contribution in [0.3, 0.4) is 0 Å². The van der Waals surface area contributed by atoms with Gasteiger partial charge in [-0.25, -0.2) is 0 Å². The van der Waals surface area contributed by atoms with Crippen LogP contribution in [-0.4, -0.2) is 4.98 Å². The molecule has 1 heteroatoms. The van der Waals surface area contributed by atoms with Crippen molar-refractivity contribution in [2.45, 2.75) is 33.1 Å². The third-order valence-corrected chi connectivity index (χ3v) is 4.21. The molecule has 1 nitrogen and oxygen atoms in total. The Bertz CT molecular complexity index is 774. The number of fused-ring (bicyclic) bond motifs is 1. The lowest BCUT2D eigenvalue weighted by Gasteiger charge is -2.13. The van der Waals surface area contributed by atoms with Gasteiger partial charge in [-0.1, -0.05) is 49.7 Å². The summed E-state index contributed by atoms with van der Waals surface area (Å²) in [5, 5.41) is 2.44. The van der Waals surface area contributed by atoms with Gasteiger partial charge >= 0.3 is 0 Å². The van der Waals surface area contributed by atoms with Crippen molar-refractivity contribution in [3.05, 3.63) is 65.9 Å². The van der Waals surface area contributed by atoms with Gasteiger partial charge in [0.25, 0.3) is 0 Å². The van der Waals surface area contributed by atoms with E-state index in [0.717, 1.165) is 12.1 Å². The lowest BCUT2D eigenvalue weighted by Crippen LogP contribution is -1.94. The maximum absolute atomic E-state index is 4.64. The Morgan fingerprint density at radius 1 is 1.00 bits per heavy atom. The highest BCUT2D eigenvalue weighted by Crippen LogP contribution is 2.28. The number of hydrogen-bond acceptors (Lipinski definition) is 1. The molecule has 106 valence electrons. The molecule has 3 aromatic rings. The molecule has 0 aliphatic carbocycles. The summed E-state index contributed by atoms with van der Waals surface area (Å²) in [5.41, 5.74) is 4.98. The van der Waals surface area contributed by atoms with Crippen molar-refractivity contribution in [1.29, 1.82) is 0 Å². The molecule has 0 N–H and O–H groups in total. The molecule has 0 spiro atoms. The number of aromatic nitrogens is 1. The Kier molecular flexibility index (Phi) is 3.74. The van der Waals surface area contributed by atoms with Crippen LogP contribution < -0.4 is 0 Å². The van der Waals surface area contributed by atoms with Gasteiger partial charge in [-0.3, -0.25) is 4.98 Å². The van der Waals surface area contributed by atoms with Gasteiger partial charge in [-0.05, 0) is 48.4 Å². The van der Waals surface area contributed by atoms with Crippen molar-refractivity contribution in [1.82, 2.24) is 4.98 Å². The first-order valence-electron chi connectivity index (χ1n) is 7.64. The van der Waals surface area contributed by atoms with Gasteiger partial charge < -0.3 is 0 Å². The normalized spacial score (nSPS) is 12.5. The lowest BCUT2D eigenvalue weighted by molar-refractivity contribution is 0.733. The van der Waals surface area contributed by atoms with Crippen LogP contribution in [0.5, 0.6) is 0 Å². The largest absolute Gasteiger partial charge is 0.256 e. The average molecular weight is 275 g/mol. The van der Waals surface area contributed by atoms with E-state index in [1.807, 2.05) is 6.20 Å². The molecule has 2 aromatic carbocycles. The summed E-state index contributed by atoms with van der Waals surface area (Å²) in [5.74, 6) is 0.587. The van der Waals surface area contributed by atoms with E-state index in [9.17, 15) is 0 Å². The highest BCUT2D eigenvalue weighted by molar-refractivity contribution is 5.85. The van der Waals surface area contributed by atoms with E-state index >= 15 is 0 Å². The third kappa shape index (κ3) is 2.82. The highest BCUT2D eigenvalue weighted by Gasteiger charge is 2.08. The van der Waals surface area contributed by atoms with E-state index in [4.69, 9.17) is 0 Å². The van der Waals surface area contributed by atoms with Crippen molar-refractivity contribution in [2.75, 3.05) is 0 Å². The van der Waals surface area contributed by atoms with Crippen molar-refractivity contribution >= 4 is 10.8 Å². The minimum Gasteiger partial charge on any atom is -0.256 e. The van der Waals surface area contributed by atoms with Gasteiger partial charge in [0.2, 0.25) is 0 Å². The third-order valence-electron chi connectivity index (χ3n) is 4.21. The summed E-state index contributed by atoms with van der Waals surface area (Å²) in [6.45, 7) is 6.68. The second kappa shape index (κ2) is 5.69. The summed E-state index contributed by atoms with van der Waals surface area (Å²) in [6.07, 6.45) is 3.13. The maximum atomic E-state index is 4.64. The first-order chi connectivity index (χ1) is 10.2. The van der Waals surface area contributed by atoms with Gasteiger partial charge in [0.05, 0.1) is 5.69 Å². The molecule has 0 bridgehead atoms. The second-order valence-electron chi connectivity index (χ2n) is 5.86. The van der Waals surface area contributed by atoms with Crippen molar-refractivity contribution in [2.24, 2.45) is 0 Å². The van der Waals surface area contributed by atoms with E-state index in [-0.39, 0.29) is 0 Å². The van der Waals surface area contributed by atoms with Crippen LogP contribution in [-0.2, 0) is 0 Å². The van der Waals surface area contributed by atoms with E-state index in [1.54, 1.807) is 0 Å². The topological polar surface area (TPSA) is 12.9 Å². The van der Waals surface area contributed by atoms with Gasteiger partial charge in [-0.2, -0.15) is 0 Å². The van der Waals surface area contributed by atoms with Crippen LogP contribution in [0, 0.1) is 6.92 Å². The van der Waals surface area contributed by atoms with Gasteiger partial charge in [-0.15, -0.1) is 0 Å². The fraction of sp³-hybridized carbons (Fsp3) is 0.250. The number of hydrogen-bond donors (Lipinski definition) is 0. The molecule has 0 radical (unpaired) electrons. The summed E-state index contributed by atoms with van der Waals surface area (Å²) in [6, 6.07) is 17.4. The van der Waals surface area contributed by atoms with E-state index in [0.29, 0.717) is 5.92 Å². The number of pyridine rings is 1. The zero-order valence-corrected chi connectivity index (χ0v) is 12.9. The van der Waals surface area contributed by atoms with Crippen LogP contribution in [0.25, 0.3) is 22.0 Å². The van der Waals surface area contributed by atoms with Crippen LogP contribution in [0.15, 0.2) is 54.7 Å². The van der Waals surface area contributed by atoms with Gasteiger partial charge in [0.1, 0.15) is 0 Å². The van der Waals surface area contributed by atoms with Crippen LogP contribution in [0.2, 0.25) is 0 Å². The molecule has 0 fully saturated rings. The predicted octanol–water partition coefficient (Wildman–Crippen LogP) is 5.72. The molecule has 0 aliphatic heterocycles. The predicted molar refractivity (Wildman–Crippen MR) is 90.6 cm³/mol. The lowest BCUT2D eigenvalue weighted by atomic mass is 9.93. The Labute approximate surface area is 126 Å². The van der Waals surface area contributed by atoms with Crippen molar-refractivity contribution in [3.8, 4) is 11.3 Å². The zero-order valence-electron chi connectivity index (χ0n) is 12.9. The van der Waals surface area contributed by atoms with Crippen LogP contribution >= 0.6 is 0 Å². The summed E-state index contributed by atoms with van der Waals surface area (Å²) in [4.78, 5) is 4.64. The van der Waals surface area contributed by atoms with Crippen molar-refractivity contribution in [3.63, 3.8) is 0 Å². The first kappa shape index (κ1) is 13.8. The van der Waals surface area contributed by atoms with Gasteiger partial charge in [0.15, 0.2) is 0 Å². The summed E-state index contributed by atoms with van der Waals surface area (Å²) in [7, 11) is 0. The Morgan fingerprint density at radius 3 is 2.52 bits per heavy atom. The molecule has 1 aromatic heterocycles. The highest BCUT2D eigenvalue weighted by atomic mass is 14.7. The molecule has 1 atom stereocenters. The summed E-state index contributed by atoms with van der Waals surface area (Å²) < 4.78 is 0. The molecule has 21 heavy (non-hydrogen) atoms. The molecular formula is C20H21N. The molecule has 0 saturated carbocycles. The minimum atomic E-state index is 0.587. The standard InChI is InChI=1S/C20H21N/c1-4-15(3)18-9-14(2)10-19(11-18)20-12-16-7-5-6-8-17(16)13-21-20/h5-13,15H,4H2,1-3H3. The van der Waals surface area contributed by atoms with E-state index in [1.165, 1.54) is 27.5 Å². The van der Waals surface area contributed by atoms with Crippen molar-refractivity contribution < 1.29 is 0 Å². The molecule has 0 amide bonds. The first-order valence-corrected chi connectivity index (χ1v) is 7.64. The number of nitrogens with zero attached hydrogens (tertiary/aromatic N) is 1. The molecular weight excluding hydrogens is 254 g/mol. The Balaban J connectivity index is 2.11. The van der Waals surface area contributed by atoms with E-state index < -0.39 is 0 Å². The SMILES string of the molecule is CCC(C)c1cc(C)cc(-c2cc3ccccc3cn2)c1. The average Bonchev–Trinajstić information content (AvgIpc) is 2.53. The molecule has 0 aliphatic rings. The molecule has 1 unspecified atom stereocenters. The van der Waals surface area contributed by atoms with Crippen LogP contribution in [0.4, 0.5) is 0 Å². The van der Waals surface area contributed by atoms with Crippen LogP contribution in [0.1, 0.15) is 37.3 Å². The number of aryl methyl sites for hydroxylation is 1.